The van der Waals surface area contributed by atoms with Crippen molar-refractivity contribution in [2.24, 2.45) is 0 Å². The van der Waals surface area contributed by atoms with E-state index in [9.17, 15) is 0 Å². The molecule has 3 heterocycles. The fourth-order valence-corrected chi connectivity index (χ4v) is 5.47. The molecule has 5 heteroatoms. The van der Waals surface area contributed by atoms with Crippen LogP contribution in [0.25, 0.3) is 21.6 Å². The summed E-state index contributed by atoms with van der Waals surface area (Å²) in [5.41, 5.74) is 3.92. The molecule has 27 heavy (non-hydrogen) atoms. The number of nitrogens with zero attached hydrogens (tertiary/aromatic N) is 4. The van der Waals surface area contributed by atoms with E-state index in [1.54, 1.807) is 4.88 Å². The molecule has 0 saturated carbocycles. The van der Waals surface area contributed by atoms with Crippen LogP contribution >= 0.6 is 11.3 Å². The maximum Gasteiger partial charge on any atom is 0.163 e. The fraction of sp³-hybridized carbons (Fsp3) is 0.455. The van der Waals surface area contributed by atoms with Gasteiger partial charge in [-0.3, -0.25) is 0 Å². The number of rotatable bonds is 2. The molecule has 1 aliphatic heterocycles. The summed E-state index contributed by atoms with van der Waals surface area (Å²) in [5.74, 6) is 2.04. The summed E-state index contributed by atoms with van der Waals surface area (Å²) in [4.78, 5) is 17.8. The molecular formula is C22H26N4S. The van der Waals surface area contributed by atoms with Crippen LogP contribution in [0, 0.1) is 6.92 Å². The molecule has 0 bridgehead atoms. The first-order valence-electron chi connectivity index (χ1n) is 10.0. The van der Waals surface area contributed by atoms with Gasteiger partial charge in [0.1, 0.15) is 10.6 Å². The Bertz CT molecular complexity index is 968. The summed E-state index contributed by atoms with van der Waals surface area (Å²) in [6, 6.07) is 8.60. The number of hydrogen-bond acceptors (Lipinski definition) is 5. The molecule has 0 atom stereocenters. The minimum atomic E-state index is 0.870. The van der Waals surface area contributed by atoms with Gasteiger partial charge >= 0.3 is 0 Å². The normalized spacial score (nSPS) is 18.1. The molecule has 0 unspecified atom stereocenters. The molecule has 0 radical (unpaired) electrons. The molecule has 1 fully saturated rings. The van der Waals surface area contributed by atoms with Gasteiger partial charge in [0.25, 0.3) is 0 Å². The second-order valence-corrected chi connectivity index (χ2v) is 9.00. The van der Waals surface area contributed by atoms with Gasteiger partial charge in [0, 0.05) is 36.6 Å². The van der Waals surface area contributed by atoms with Crippen LogP contribution in [0.5, 0.6) is 0 Å². The standard InChI is InChI=1S/C22H26N4S/c1-15-7-9-16(10-8-15)20-23-21(26-13-11-25(2)12-14-26)19-17-5-3-4-6-18(17)27-22(19)24-20/h7-10H,3-6,11-14H2,1-2H3. The van der Waals surface area contributed by atoms with E-state index in [-0.39, 0.29) is 0 Å². The van der Waals surface area contributed by atoms with Gasteiger partial charge in [-0.15, -0.1) is 11.3 Å². The van der Waals surface area contributed by atoms with Gasteiger partial charge in [-0.05, 0) is 45.2 Å². The van der Waals surface area contributed by atoms with Crippen LogP contribution in [0.3, 0.4) is 0 Å². The van der Waals surface area contributed by atoms with E-state index in [0.29, 0.717) is 0 Å². The summed E-state index contributed by atoms with van der Waals surface area (Å²) in [6.45, 7) is 6.40. The third-order valence-corrected chi connectivity index (χ3v) is 7.09. The highest BCUT2D eigenvalue weighted by Crippen LogP contribution is 2.41. The Hall–Kier alpha value is -1.98. The van der Waals surface area contributed by atoms with Gasteiger partial charge in [0.2, 0.25) is 0 Å². The van der Waals surface area contributed by atoms with Crippen LogP contribution < -0.4 is 4.90 Å². The molecule has 3 aromatic rings. The fourth-order valence-electron chi connectivity index (χ4n) is 4.22. The lowest BCUT2D eigenvalue weighted by atomic mass is 9.96. The second-order valence-electron chi connectivity index (χ2n) is 7.92. The number of thiophene rings is 1. The van der Waals surface area contributed by atoms with Gasteiger partial charge < -0.3 is 9.80 Å². The van der Waals surface area contributed by atoms with Crippen molar-refractivity contribution < 1.29 is 0 Å². The van der Waals surface area contributed by atoms with Crippen LogP contribution in [-0.2, 0) is 12.8 Å². The summed E-state index contributed by atoms with van der Waals surface area (Å²) < 4.78 is 0. The third-order valence-electron chi connectivity index (χ3n) is 5.91. The maximum atomic E-state index is 5.13. The number of benzene rings is 1. The van der Waals surface area contributed by atoms with Crippen molar-refractivity contribution in [3.05, 3.63) is 40.3 Å². The van der Waals surface area contributed by atoms with Gasteiger partial charge in [-0.2, -0.15) is 0 Å². The number of hydrogen-bond donors (Lipinski definition) is 0. The van der Waals surface area contributed by atoms with Crippen molar-refractivity contribution in [2.75, 3.05) is 38.1 Å². The van der Waals surface area contributed by atoms with Crippen molar-refractivity contribution in [3.8, 4) is 11.4 Å². The van der Waals surface area contributed by atoms with Gasteiger partial charge in [-0.1, -0.05) is 29.8 Å². The molecule has 2 aliphatic rings. The molecule has 4 nitrogen and oxygen atoms in total. The highest BCUT2D eigenvalue weighted by molar-refractivity contribution is 7.19. The van der Waals surface area contributed by atoms with E-state index in [2.05, 4.69) is 48.0 Å². The Balaban J connectivity index is 1.68. The zero-order valence-corrected chi connectivity index (χ0v) is 17.0. The first-order valence-corrected chi connectivity index (χ1v) is 10.8. The molecular weight excluding hydrogens is 352 g/mol. The highest BCUT2D eigenvalue weighted by atomic mass is 32.1. The topological polar surface area (TPSA) is 32.3 Å². The molecule has 0 N–H and O–H groups in total. The van der Waals surface area contributed by atoms with Crippen LogP contribution in [0.15, 0.2) is 24.3 Å². The molecule has 2 aromatic heterocycles. The summed E-state index contributed by atoms with van der Waals surface area (Å²) in [7, 11) is 2.21. The predicted octanol–water partition coefficient (Wildman–Crippen LogP) is 4.30. The Morgan fingerprint density at radius 1 is 0.926 bits per heavy atom. The van der Waals surface area contributed by atoms with Gasteiger partial charge in [-0.25, -0.2) is 9.97 Å². The highest BCUT2D eigenvalue weighted by Gasteiger charge is 2.25. The zero-order chi connectivity index (χ0) is 18.4. The van der Waals surface area contributed by atoms with Crippen LogP contribution in [0.2, 0.25) is 0 Å². The molecule has 5 rings (SSSR count). The lowest BCUT2D eigenvalue weighted by molar-refractivity contribution is 0.312. The third kappa shape index (κ3) is 3.13. The SMILES string of the molecule is Cc1ccc(-c2nc(N3CCN(C)CC3)c3c4c(sc3n2)CCCC4)cc1. The minimum Gasteiger partial charge on any atom is -0.353 e. The Morgan fingerprint density at radius 2 is 1.67 bits per heavy atom. The number of aromatic nitrogens is 2. The number of likely N-dealkylation sites (N-methyl/N-ethyl adjacent to an activating group) is 1. The smallest absolute Gasteiger partial charge is 0.163 e. The largest absolute Gasteiger partial charge is 0.353 e. The monoisotopic (exact) mass is 378 g/mol. The van der Waals surface area contributed by atoms with Gasteiger partial charge in [0.15, 0.2) is 5.82 Å². The first kappa shape index (κ1) is 17.1. The van der Waals surface area contributed by atoms with Crippen molar-refractivity contribution in [2.45, 2.75) is 32.6 Å². The predicted molar refractivity (Wildman–Crippen MR) is 114 cm³/mol. The summed E-state index contributed by atoms with van der Waals surface area (Å²) in [6.07, 6.45) is 4.99. The summed E-state index contributed by atoms with van der Waals surface area (Å²) in [5, 5.41) is 1.34. The zero-order valence-electron chi connectivity index (χ0n) is 16.2. The van der Waals surface area contributed by atoms with Gasteiger partial charge in [0.05, 0.1) is 5.39 Å². The average molecular weight is 379 g/mol. The lowest BCUT2D eigenvalue weighted by Gasteiger charge is -2.34. The Kier molecular flexibility index (Phi) is 4.37. The van der Waals surface area contributed by atoms with Crippen LogP contribution in [0.1, 0.15) is 28.8 Å². The van der Waals surface area contributed by atoms with E-state index in [1.165, 1.54) is 52.8 Å². The molecule has 0 spiro atoms. The molecule has 1 aliphatic carbocycles. The van der Waals surface area contributed by atoms with Crippen molar-refractivity contribution in [1.29, 1.82) is 0 Å². The second kappa shape index (κ2) is 6.88. The number of anilines is 1. The Labute approximate surface area is 164 Å². The van der Waals surface area contributed by atoms with Crippen molar-refractivity contribution in [3.63, 3.8) is 0 Å². The molecule has 1 aromatic carbocycles. The van der Waals surface area contributed by atoms with E-state index >= 15 is 0 Å². The Morgan fingerprint density at radius 3 is 2.44 bits per heavy atom. The maximum absolute atomic E-state index is 5.13. The lowest BCUT2D eigenvalue weighted by Crippen LogP contribution is -2.45. The minimum absolute atomic E-state index is 0.870. The average Bonchev–Trinajstić information content (AvgIpc) is 3.07. The van der Waals surface area contributed by atoms with Crippen LogP contribution in [0.4, 0.5) is 5.82 Å². The van der Waals surface area contributed by atoms with E-state index in [1.807, 2.05) is 11.3 Å². The van der Waals surface area contributed by atoms with Crippen molar-refractivity contribution in [1.82, 2.24) is 14.9 Å². The molecule has 0 amide bonds. The number of aryl methyl sites for hydroxylation is 3. The first-order chi connectivity index (χ1) is 13.2. The van der Waals surface area contributed by atoms with Crippen LogP contribution in [-0.4, -0.2) is 48.1 Å². The molecule has 1 saturated heterocycles. The van der Waals surface area contributed by atoms with E-state index in [0.717, 1.165) is 37.6 Å². The van der Waals surface area contributed by atoms with Crippen molar-refractivity contribution >= 4 is 27.4 Å². The molecule has 140 valence electrons. The number of piperazine rings is 1. The van der Waals surface area contributed by atoms with E-state index in [4.69, 9.17) is 9.97 Å². The summed E-state index contributed by atoms with van der Waals surface area (Å²) >= 11 is 1.90. The number of fused-ring (bicyclic) bond motifs is 3. The van der Waals surface area contributed by atoms with E-state index < -0.39 is 0 Å². The quantitative estimate of drug-likeness (QED) is 0.666.